The van der Waals surface area contributed by atoms with Crippen LogP contribution >= 0.6 is 0 Å². The molecule has 9 heteroatoms. The summed E-state index contributed by atoms with van der Waals surface area (Å²) in [4.78, 5) is 25.1. The predicted molar refractivity (Wildman–Crippen MR) is 129 cm³/mol. The highest BCUT2D eigenvalue weighted by Crippen LogP contribution is 2.22. The van der Waals surface area contributed by atoms with Gasteiger partial charge in [-0.2, -0.15) is 0 Å². The fourth-order valence-corrected chi connectivity index (χ4v) is 2.95. The first kappa shape index (κ1) is 24.3. The zero-order chi connectivity index (χ0) is 24.2. The first-order valence-corrected chi connectivity index (χ1v) is 10.6. The molecule has 9 nitrogen and oxygen atoms in total. The van der Waals surface area contributed by atoms with E-state index in [0.717, 1.165) is 5.56 Å². The Labute approximate surface area is 198 Å². The summed E-state index contributed by atoms with van der Waals surface area (Å²) in [5.74, 6) is 7.69. The third-order valence-electron chi connectivity index (χ3n) is 4.62. The van der Waals surface area contributed by atoms with E-state index in [1.165, 1.54) is 0 Å². The van der Waals surface area contributed by atoms with Crippen molar-refractivity contribution in [3.05, 3.63) is 102 Å². The predicted octanol–water partition coefficient (Wildman–Crippen LogP) is 4.18. The van der Waals surface area contributed by atoms with Crippen LogP contribution in [0.5, 0.6) is 11.5 Å². The topological polar surface area (TPSA) is 127 Å². The van der Waals surface area contributed by atoms with E-state index in [1.807, 2.05) is 60.7 Å². The average Bonchev–Trinajstić information content (AvgIpc) is 2.85. The van der Waals surface area contributed by atoms with E-state index in [0.29, 0.717) is 28.2 Å². The lowest BCUT2D eigenvalue weighted by Crippen LogP contribution is -2.48. The van der Waals surface area contributed by atoms with Crippen LogP contribution in [0.1, 0.15) is 5.56 Å². The van der Waals surface area contributed by atoms with Crippen molar-refractivity contribution >= 4 is 23.8 Å². The second-order valence-corrected chi connectivity index (χ2v) is 7.31. The van der Waals surface area contributed by atoms with Crippen LogP contribution in [0, 0.1) is 0 Å². The number of rotatable bonds is 11. The molecule has 0 saturated heterocycles. The average molecular weight is 461 g/mol. The molecule has 1 atom stereocenters. The van der Waals surface area contributed by atoms with Crippen molar-refractivity contribution in [2.45, 2.75) is 12.6 Å². The van der Waals surface area contributed by atoms with E-state index in [-0.39, 0.29) is 19.8 Å². The molecule has 0 unspecified atom stereocenters. The summed E-state index contributed by atoms with van der Waals surface area (Å²) in [6.45, 7) is -0.168. The molecule has 0 aliphatic rings. The fourth-order valence-electron chi connectivity index (χ4n) is 2.95. The van der Waals surface area contributed by atoms with Gasteiger partial charge in [0.25, 0.3) is 0 Å². The Morgan fingerprint density at radius 3 is 2.18 bits per heavy atom. The standard InChI is InChI=1S/C25H26N5O4/c26-18-30(27)15-24(31)29-23(17-33-16-19-7-3-1-4-8-19)25(32)28-20-11-13-22(14-12-20)34-21-9-5-2-6-10-21/h1-14,18,23,26-27H,15-17H2,(H,28,32)(H,29,31)/q-1/b30-18-,30-27?/t23-/m0/s1. The van der Waals surface area contributed by atoms with Gasteiger partial charge in [-0.1, -0.05) is 48.5 Å². The molecule has 3 rings (SSSR count). The van der Waals surface area contributed by atoms with Gasteiger partial charge in [-0.3, -0.25) is 15.3 Å². The minimum Gasteiger partial charge on any atom is -0.635 e. The Kier molecular flexibility index (Phi) is 9.00. The summed E-state index contributed by atoms with van der Waals surface area (Å²) in [7, 11) is 0. The second kappa shape index (κ2) is 12.6. The summed E-state index contributed by atoms with van der Waals surface area (Å²) < 4.78 is 12.1. The van der Waals surface area contributed by atoms with E-state index in [4.69, 9.17) is 21.1 Å². The van der Waals surface area contributed by atoms with E-state index < -0.39 is 17.9 Å². The molecule has 0 bridgehead atoms. The highest BCUT2D eigenvalue weighted by Gasteiger charge is 2.21. The van der Waals surface area contributed by atoms with Crippen molar-refractivity contribution in [2.75, 3.05) is 18.5 Å². The quantitative estimate of drug-likeness (QED) is 0.193. The summed E-state index contributed by atoms with van der Waals surface area (Å²) in [5.41, 5.74) is 8.49. The Bertz CT molecular complexity index is 1090. The number of hydrogen-bond acceptors (Lipinski definition) is 4. The number of hydrogen-bond donors (Lipinski definition) is 2. The number of para-hydroxylation sites is 1. The highest BCUT2D eigenvalue weighted by atomic mass is 16.5. The van der Waals surface area contributed by atoms with Crippen molar-refractivity contribution in [1.82, 2.24) is 5.32 Å². The Morgan fingerprint density at radius 2 is 1.53 bits per heavy atom. The molecule has 34 heavy (non-hydrogen) atoms. The normalized spacial score (nSPS) is 11.9. The van der Waals surface area contributed by atoms with Crippen molar-refractivity contribution in [3.8, 4) is 11.5 Å². The minimum absolute atomic E-state index is 0.0652. The molecular formula is C25H26N5O4-. The SMILES string of the molecule is [NH-]/C=[N+](\[NH-])CC(=O)N[C@@H](COCc1ccccc1)C(=O)Nc1ccc(Oc2ccccc2)cc1. The molecule has 3 aromatic rings. The molecule has 4 N–H and O–H groups in total. The van der Waals surface area contributed by atoms with Gasteiger partial charge in [0.1, 0.15) is 17.5 Å². The summed E-state index contributed by atoms with van der Waals surface area (Å²) >= 11 is 0. The number of benzene rings is 3. The van der Waals surface area contributed by atoms with Gasteiger partial charge in [0, 0.05) is 5.69 Å². The van der Waals surface area contributed by atoms with E-state index in [2.05, 4.69) is 10.6 Å². The number of amides is 2. The van der Waals surface area contributed by atoms with E-state index in [1.54, 1.807) is 24.3 Å². The lowest BCUT2D eigenvalue weighted by atomic mass is 10.2. The van der Waals surface area contributed by atoms with Gasteiger partial charge in [-0.25, -0.2) is 0 Å². The molecule has 176 valence electrons. The molecule has 0 aliphatic carbocycles. The molecule has 0 fully saturated rings. The molecule has 0 saturated carbocycles. The van der Waals surface area contributed by atoms with E-state index >= 15 is 0 Å². The number of carbonyl (C=O) groups excluding carboxylic acids is 2. The van der Waals surface area contributed by atoms with Crippen LogP contribution in [-0.2, 0) is 20.9 Å². The second-order valence-electron chi connectivity index (χ2n) is 7.31. The third kappa shape index (κ3) is 7.95. The van der Waals surface area contributed by atoms with Gasteiger partial charge in [0.15, 0.2) is 0 Å². The number of carbonyl (C=O) groups is 2. The van der Waals surface area contributed by atoms with Crippen LogP contribution < -0.4 is 15.4 Å². The lowest BCUT2D eigenvalue weighted by Gasteiger charge is -2.21. The maximum Gasteiger partial charge on any atom is 0.249 e. The van der Waals surface area contributed by atoms with E-state index in [9.17, 15) is 9.59 Å². The number of nitrogens with zero attached hydrogens (tertiary/aromatic N) is 1. The first-order valence-electron chi connectivity index (χ1n) is 10.6. The minimum atomic E-state index is -0.990. The number of anilines is 1. The Morgan fingerprint density at radius 1 is 0.912 bits per heavy atom. The monoisotopic (exact) mass is 460 g/mol. The molecular weight excluding hydrogens is 434 g/mol. The molecule has 0 aliphatic heterocycles. The molecule has 2 amide bonds. The molecule has 0 heterocycles. The summed E-state index contributed by atoms with van der Waals surface area (Å²) in [5, 5.41) is 5.33. The van der Waals surface area contributed by atoms with Gasteiger partial charge < -0.3 is 30.6 Å². The molecule has 3 aromatic carbocycles. The largest absolute Gasteiger partial charge is 0.635 e. The van der Waals surface area contributed by atoms with Crippen molar-refractivity contribution in [2.24, 2.45) is 0 Å². The van der Waals surface area contributed by atoms with Gasteiger partial charge >= 0.3 is 0 Å². The number of ether oxygens (including phenoxy) is 2. The zero-order valence-corrected chi connectivity index (χ0v) is 18.4. The Balaban J connectivity index is 1.61. The molecule has 0 spiro atoms. The van der Waals surface area contributed by atoms with Crippen LogP contribution in [-0.4, -0.2) is 42.0 Å². The van der Waals surface area contributed by atoms with Gasteiger partial charge in [0.2, 0.25) is 11.8 Å². The molecule has 0 aromatic heterocycles. The highest BCUT2D eigenvalue weighted by molar-refractivity contribution is 5.97. The maximum absolute atomic E-state index is 12.9. The van der Waals surface area contributed by atoms with Crippen LogP contribution in [0.15, 0.2) is 84.9 Å². The van der Waals surface area contributed by atoms with Crippen LogP contribution in [0.3, 0.4) is 0 Å². The first-order chi connectivity index (χ1) is 16.5. The van der Waals surface area contributed by atoms with Crippen molar-refractivity contribution < 1.29 is 23.7 Å². The van der Waals surface area contributed by atoms with Gasteiger partial charge in [0.05, 0.1) is 26.1 Å². The number of nitrogens with one attached hydrogen (secondary N) is 4. The zero-order valence-electron chi connectivity index (χ0n) is 18.4. The third-order valence-corrected chi connectivity index (χ3v) is 4.62. The van der Waals surface area contributed by atoms with Crippen molar-refractivity contribution in [1.29, 1.82) is 0 Å². The molecule has 0 radical (unpaired) electrons. The summed E-state index contributed by atoms with van der Waals surface area (Å²) in [6, 6.07) is 24.6. The van der Waals surface area contributed by atoms with Crippen molar-refractivity contribution in [3.63, 3.8) is 0 Å². The van der Waals surface area contributed by atoms with Crippen LogP contribution in [0.2, 0.25) is 0 Å². The van der Waals surface area contributed by atoms with Gasteiger partial charge in [-0.05, 0) is 42.0 Å². The Hall–Kier alpha value is -4.37. The van der Waals surface area contributed by atoms with Crippen LogP contribution in [0.25, 0.3) is 11.6 Å². The van der Waals surface area contributed by atoms with Gasteiger partial charge in [-0.15, -0.1) is 0 Å². The lowest BCUT2D eigenvalue weighted by molar-refractivity contribution is -0.440. The smallest absolute Gasteiger partial charge is 0.249 e. The maximum atomic E-state index is 12.9. The summed E-state index contributed by atoms with van der Waals surface area (Å²) in [6.07, 6.45) is 0.708. The fraction of sp³-hybridized carbons (Fsp3) is 0.160. The van der Waals surface area contributed by atoms with Crippen LogP contribution in [0.4, 0.5) is 5.69 Å².